The van der Waals surface area contributed by atoms with E-state index in [9.17, 15) is 20.1 Å². The number of methoxy groups -OCH3 is 1. The van der Waals surface area contributed by atoms with Gasteiger partial charge in [0.2, 0.25) is 0 Å². The fourth-order valence-corrected chi connectivity index (χ4v) is 6.69. The minimum absolute atomic E-state index is 0.150. The second kappa shape index (κ2) is 12.9. The summed E-state index contributed by atoms with van der Waals surface area (Å²) in [6.07, 6.45) is 0.669. The van der Waals surface area contributed by atoms with Gasteiger partial charge in [-0.25, -0.2) is 0 Å². The predicted octanol–water partition coefficient (Wildman–Crippen LogP) is 7.76. The summed E-state index contributed by atoms with van der Waals surface area (Å²) < 4.78 is 5.13. The number of aromatic hydroxyl groups is 3. The Labute approximate surface area is 273 Å². The molecule has 0 amide bonds. The molecule has 4 rings (SSSR count). The number of phenolic OH excluding ortho intramolecular Hbond substituents is 3. The van der Waals surface area contributed by atoms with Crippen LogP contribution in [0.4, 0.5) is 0 Å². The lowest BCUT2D eigenvalue weighted by atomic mass is 9.81. The van der Waals surface area contributed by atoms with Gasteiger partial charge in [-0.15, -0.1) is 0 Å². The summed E-state index contributed by atoms with van der Waals surface area (Å²) in [7, 11) is 1.38. The van der Waals surface area contributed by atoms with Gasteiger partial charge in [0.25, 0.3) is 0 Å². The van der Waals surface area contributed by atoms with Crippen LogP contribution in [0.2, 0.25) is 0 Å². The van der Waals surface area contributed by atoms with Crippen LogP contribution in [0.25, 0.3) is 0 Å². The van der Waals surface area contributed by atoms with Crippen molar-refractivity contribution < 1.29 is 24.9 Å². The number of esters is 1. The van der Waals surface area contributed by atoms with Gasteiger partial charge in [-0.05, 0) is 55.2 Å². The van der Waals surface area contributed by atoms with Gasteiger partial charge in [-0.3, -0.25) is 10.1 Å². The molecular formula is C38H51NO5S. The van der Waals surface area contributed by atoms with Crippen LogP contribution in [0.5, 0.6) is 17.2 Å². The Balaban J connectivity index is 1.98. The third-order valence-corrected chi connectivity index (χ3v) is 9.81. The topological polar surface area (TPSA) is 99.0 Å². The zero-order valence-corrected chi connectivity index (χ0v) is 29.5. The highest BCUT2D eigenvalue weighted by molar-refractivity contribution is 7.98. The highest BCUT2D eigenvalue weighted by atomic mass is 32.2. The number of ether oxygens (including phenoxy) is 1. The number of benzene rings is 3. The molecule has 0 aromatic heterocycles. The molecule has 0 fully saturated rings. The van der Waals surface area contributed by atoms with E-state index in [0.29, 0.717) is 35.5 Å². The number of fused-ring (bicyclic) bond motifs is 6. The average molecular weight is 634 g/mol. The Morgan fingerprint density at radius 2 is 1.02 bits per heavy atom. The van der Waals surface area contributed by atoms with Crippen LogP contribution in [0.1, 0.15) is 112 Å². The highest BCUT2D eigenvalue weighted by Gasteiger charge is 2.26. The van der Waals surface area contributed by atoms with Gasteiger partial charge >= 0.3 is 5.97 Å². The van der Waals surface area contributed by atoms with Crippen LogP contribution >= 0.6 is 11.8 Å². The van der Waals surface area contributed by atoms with Gasteiger partial charge in [-0.2, -0.15) is 11.8 Å². The van der Waals surface area contributed by atoms with Crippen molar-refractivity contribution in [3.63, 3.8) is 0 Å². The van der Waals surface area contributed by atoms with E-state index < -0.39 is 6.04 Å². The molecule has 3 aromatic carbocycles. The molecule has 3 aromatic rings. The Bertz CT molecular complexity index is 1570. The van der Waals surface area contributed by atoms with Crippen LogP contribution in [0.15, 0.2) is 36.4 Å². The molecule has 0 saturated carbocycles. The Morgan fingerprint density at radius 3 is 1.42 bits per heavy atom. The first-order valence-electron chi connectivity index (χ1n) is 15.7. The van der Waals surface area contributed by atoms with Crippen molar-refractivity contribution in [3.05, 3.63) is 86.5 Å². The second-order valence-electron chi connectivity index (χ2n) is 15.5. The summed E-state index contributed by atoms with van der Waals surface area (Å²) in [5.74, 6) is 1.07. The molecule has 1 aliphatic rings. The molecule has 6 nitrogen and oxygen atoms in total. The monoisotopic (exact) mass is 633 g/mol. The van der Waals surface area contributed by atoms with E-state index in [0.717, 1.165) is 38.9 Å². The number of rotatable bonds is 1. The number of hydrogen-bond acceptors (Lipinski definition) is 7. The molecule has 0 saturated heterocycles. The number of nitrogens with one attached hydrogen (secondary N) is 1. The van der Waals surface area contributed by atoms with Crippen molar-refractivity contribution in [2.75, 3.05) is 12.9 Å². The van der Waals surface area contributed by atoms with Crippen molar-refractivity contribution in [2.24, 2.45) is 0 Å². The largest absolute Gasteiger partial charge is 0.507 e. The van der Waals surface area contributed by atoms with E-state index in [4.69, 9.17) is 4.74 Å². The average Bonchev–Trinajstić information content (AvgIpc) is 2.93. The second-order valence-corrected chi connectivity index (χ2v) is 16.5. The van der Waals surface area contributed by atoms with E-state index in [-0.39, 0.29) is 46.0 Å². The van der Waals surface area contributed by atoms with Gasteiger partial charge in [0, 0.05) is 42.0 Å². The molecule has 0 spiro atoms. The maximum atomic E-state index is 12.8. The van der Waals surface area contributed by atoms with Crippen molar-refractivity contribution in [1.82, 2.24) is 5.32 Å². The maximum absolute atomic E-state index is 12.8. The Hall–Kier alpha value is -3.16. The predicted molar refractivity (Wildman–Crippen MR) is 185 cm³/mol. The lowest BCUT2D eigenvalue weighted by molar-refractivity contribution is -0.142. The van der Waals surface area contributed by atoms with Crippen molar-refractivity contribution in [3.8, 4) is 17.2 Å². The summed E-state index contributed by atoms with van der Waals surface area (Å²) in [4.78, 5) is 12.8. The molecule has 1 heterocycles. The fourth-order valence-electron chi connectivity index (χ4n) is 5.65. The zero-order valence-electron chi connectivity index (χ0n) is 28.6. The van der Waals surface area contributed by atoms with E-state index in [1.165, 1.54) is 7.11 Å². The lowest BCUT2D eigenvalue weighted by Gasteiger charge is -2.25. The molecule has 0 unspecified atom stereocenters. The summed E-state index contributed by atoms with van der Waals surface area (Å²) in [5.41, 5.74) is 7.05. The molecule has 4 N–H and O–H groups in total. The van der Waals surface area contributed by atoms with Crippen molar-refractivity contribution >= 4 is 17.7 Å². The van der Waals surface area contributed by atoms with E-state index in [2.05, 4.69) is 73.7 Å². The van der Waals surface area contributed by atoms with Crippen LogP contribution in [-0.2, 0) is 50.9 Å². The molecule has 7 heteroatoms. The molecule has 244 valence electrons. The third kappa shape index (κ3) is 7.98. The number of hydrogen-bond donors (Lipinski definition) is 4. The summed E-state index contributed by atoms with van der Waals surface area (Å²) in [5, 5.41) is 38.3. The van der Waals surface area contributed by atoms with E-state index >= 15 is 0 Å². The lowest BCUT2D eigenvalue weighted by Crippen LogP contribution is -2.39. The number of carbonyl (C=O) groups is 1. The van der Waals surface area contributed by atoms with Gasteiger partial charge in [0.05, 0.1) is 7.11 Å². The molecule has 0 radical (unpaired) electrons. The van der Waals surface area contributed by atoms with Crippen LogP contribution < -0.4 is 5.32 Å². The Kier molecular flexibility index (Phi) is 9.96. The summed E-state index contributed by atoms with van der Waals surface area (Å²) in [6, 6.07) is 11.6. The minimum Gasteiger partial charge on any atom is -0.507 e. The van der Waals surface area contributed by atoms with Gasteiger partial charge in [-0.1, -0.05) is 98.7 Å². The minimum atomic E-state index is -0.613. The zero-order chi connectivity index (χ0) is 33.5. The van der Waals surface area contributed by atoms with Gasteiger partial charge < -0.3 is 20.1 Å². The Morgan fingerprint density at radius 1 is 0.667 bits per heavy atom. The standard InChI is InChI=1S/C38H51NO5S/c1-36(2,3)28-13-22-11-24-15-29(37(4,5)6)17-26(33(24)41)19-39-31(35(43)44-10)21-45-20-27-18-30(38(7,8)9)16-25(34(27)42)12-23(14-28)32(22)40/h13-18,31,39-42H,11-12,19-21H2,1-10H3/t31-/m0/s1. The molecule has 1 aliphatic heterocycles. The highest BCUT2D eigenvalue weighted by Crippen LogP contribution is 2.40. The van der Waals surface area contributed by atoms with Crippen LogP contribution in [0, 0.1) is 0 Å². The number of carbonyl (C=O) groups excluding carboxylic acids is 1. The first kappa shape index (κ1) is 34.7. The maximum Gasteiger partial charge on any atom is 0.323 e. The van der Waals surface area contributed by atoms with Gasteiger partial charge in [0.1, 0.15) is 23.3 Å². The third-order valence-electron chi connectivity index (χ3n) is 8.73. The van der Waals surface area contributed by atoms with Crippen molar-refractivity contribution in [2.45, 2.75) is 110 Å². The molecule has 6 bridgehead atoms. The first-order chi connectivity index (χ1) is 20.8. The molecule has 45 heavy (non-hydrogen) atoms. The van der Waals surface area contributed by atoms with E-state index in [1.54, 1.807) is 11.8 Å². The first-order valence-corrected chi connectivity index (χ1v) is 16.9. The van der Waals surface area contributed by atoms with E-state index in [1.807, 2.05) is 30.3 Å². The number of thioether (sulfide) groups is 1. The quantitative estimate of drug-likeness (QED) is 0.203. The SMILES string of the molecule is COC(=O)[C@@H]1CSCc2cc(C(C)(C)C)cc(c2O)Cc2cc(C(C)(C)C)cc(c2O)Cc2cc(C(C)(C)C)cc(c2O)CN1. The normalized spacial score (nSPS) is 16.6. The fraction of sp³-hybridized carbons (Fsp3) is 0.500. The van der Waals surface area contributed by atoms with Crippen LogP contribution in [0.3, 0.4) is 0 Å². The van der Waals surface area contributed by atoms with Gasteiger partial charge in [0.15, 0.2) is 0 Å². The smallest absolute Gasteiger partial charge is 0.323 e. The molecule has 1 atom stereocenters. The molecular weight excluding hydrogens is 582 g/mol. The molecule has 0 aliphatic carbocycles. The van der Waals surface area contributed by atoms with Crippen molar-refractivity contribution in [1.29, 1.82) is 0 Å². The summed E-state index contributed by atoms with van der Waals surface area (Å²) >= 11 is 1.54. The summed E-state index contributed by atoms with van der Waals surface area (Å²) in [6.45, 7) is 19.5. The number of phenols is 3. The van der Waals surface area contributed by atoms with Crippen LogP contribution in [-0.4, -0.2) is 40.2 Å².